The first kappa shape index (κ1) is 6.37. The molecule has 2 unspecified atom stereocenters. The lowest BCUT2D eigenvalue weighted by atomic mass is 10.1. The summed E-state index contributed by atoms with van der Waals surface area (Å²) in [5, 5.41) is 0.253. The molecule has 1 aliphatic rings. The number of rotatable bonds is 0. The molecule has 0 aromatic heterocycles. The van der Waals surface area contributed by atoms with Crippen LogP contribution in [0.15, 0.2) is 0 Å². The fourth-order valence-corrected chi connectivity index (χ4v) is 1.11. The predicted molar refractivity (Wildman–Crippen MR) is 34.3 cm³/mol. The average molecular weight is 135 g/mol. The second-order valence-electron chi connectivity index (χ2n) is 2.23. The summed E-state index contributed by atoms with van der Waals surface area (Å²) in [7, 11) is 0. The maximum Gasteiger partial charge on any atom is 0.0710 e. The first-order valence-corrected chi connectivity index (χ1v) is 3.50. The van der Waals surface area contributed by atoms with Crippen molar-refractivity contribution >= 4 is 11.6 Å². The zero-order valence-corrected chi connectivity index (χ0v) is 5.82. The van der Waals surface area contributed by atoms with Gasteiger partial charge in [-0.25, -0.2) is 0 Å². The molecule has 1 rings (SSSR count). The van der Waals surface area contributed by atoms with E-state index in [4.69, 9.17) is 16.3 Å². The highest BCUT2D eigenvalue weighted by atomic mass is 35.5. The van der Waals surface area contributed by atoms with Crippen molar-refractivity contribution in [3.8, 4) is 0 Å². The van der Waals surface area contributed by atoms with Gasteiger partial charge in [-0.1, -0.05) is 0 Å². The molecule has 1 heterocycles. The van der Waals surface area contributed by atoms with Crippen LogP contribution in [0.3, 0.4) is 0 Å². The van der Waals surface area contributed by atoms with Gasteiger partial charge in [0.15, 0.2) is 0 Å². The van der Waals surface area contributed by atoms with Gasteiger partial charge in [-0.3, -0.25) is 0 Å². The van der Waals surface area contributed by atoms with E-state index in [2.05, 4.69) is 0 Å². The van der Waals surface area contributed by atoms with Crippen molar-refractivity contribution in [1.82, 2.24) is 0 Å². The van der Waals surface area contributed by atoms with Gasteiger partial charge in [0, 0.05) is 6.61 Å². The third-order valence-electron chi connectivity index (χ3n) is 1.51. The second-order valence-corrected chi connectivity index (χ2v) is 2.79. The fraction of sp³-hybridized carbons (Fsp3) is 1.00. The Morgan fingerprint density at radius 3 is 2.75 bits per heavy atom. The molecule has 0 aromatic rings. The van der Waals surface area contributed by atoms with Crippen LogP contribution < -0.4 is 0 Å². The zero-order valence-electron chi connectivity index (χ0n) is 5.06. The van der Waals surface area contributed by atoms with Crippen molar-refractivity contribution in [2.24, 2.45) is 0 Å². The molecule has 0 spiro atoms. The first-order chi connectivity index (χ1) is 3.80. The van der Waals surface area contributed by atoms with Crippen LogP contribution in [-0.4, -0.2) is 18.1 Å². The SMILES string of the molecule is CC1OCCCC1Cl. The molecule has 0 bridgehead atoms. The highest BCUT2D eigenvalue weighted by Gasteiger charge is 2.18. The van der Waals surface area contributed by atoms with Crippen LogP contribution in [0.5, 0.6) is 0 Å². The van der Waals surface area contributed by atoms with Gasteiger partial charge in [-0.15, -0.1) is 11.6 Å². The molecule has 1 nitrogen and oxygen atoms in total. The van der Waals surface area contributed by atoms with E-state index in [0.29, 0.717) is 0 Å². The Balaban J connectivity index is 2.28. The normalized spacial score (nSPS) is 39.8. The van der Waals surface area contributed by atoms with Crippen LogP contribution in [0.4, 0.5) is 0 Å². The molecule has 0 aromatic carbocycles. The number of alkyl halides is 1. The standard InChI is InChI=1S/C6H11ClO/c1-5-6(7)3-2-4-8-5/h5-6H,2-4H2,1H3. The van der Waals surface area contributed by atoms with E-state index in [9.17, 15) is 0 Å². The minimum Gasteiger partial charge on any atom is -0.377 e. The van der Waals surface area contributed by atoms with Gasteiger partial charge in [0.1, 0.15) is 0 Å². The van der Waals surface area contributed by atoms with Crippen LogP contribution in [-0.2, 0) is 4.74 Å². The van der Waals surface area contributed by atoms with E-state index >= 15 is 0 Å². The van der Waals surface area contributed by atoms with Crippen molar-refractivity contribution < 1.29 is 4.74 Å². The topological polar surface area (TPSA) is 9.23 Å². The van der Waals surface area contributed by atoms with E-state index in [1.807, 2.05) is 6.92 Å². The molecular weight excluding hydrogens is 124 g/mol. The van der Waals surface area contributed by atoms with E-state index in [1.165, 1.54) is 0 Å². The summed E-state index contributed by atoms with van der Waals surface area (Å²) in [5.41, 5.74) is 0. The van der Waals surface area contributed by atoms with E-state index in [-0.39, 0.29) is 11.5 Å². The first-order valence-electron chi connectivity index (χ1n) is 3.06. The van der Waals surface area contributed by atoms with Crippen LogP contribution >= 0.6 is 11.6 Å². The quantitative estimate of drug-likeness (QED) is 0.459. The summed E-state index contributed by atoms with van der Waals surface area (Å²) >= 11 is 5.84. The van der Waals surface area contributed by atoms with Gasteiger partial charge in [-0.05, 0) is 19.8 Å². The van der Waals surface area contributed by atoms with E-state index in [1.54, 1.807) is 0 Å². The van der Waals surface area contributed by atoms with Crippen LogP contribution in [0.1, 0.15) is 19.8 Å². The smallest absolute Gasteiger partial charge is 0.0710 e. The monoisotopic (exact) mass is 134 g/mol. The van der Waals surface area contributed by atoms with Gasteiger partial charge >= 0.3 is 0 Å². The van der Waals surface area contributed by atoms with Gasteiger partial charge in [-0.2, -0.15) is 0 Å². The second kappa shape index (κ2) is 2.70. The summed E-state index contributed by atoms with van der Waals surface area (Å²) in [6, 6.07) is 0. The minimum atomic E-state index is 0.253. The Bertz CT molecular complexity index is 64.9. The molecule has 0 aliphatic carbocycles. The Labute approximate surface area is 55.0 Å². The lowest BCUT2D eigenvalue weighted by Crippen LogP contribution is -2.26. The Hall–Kier alpha value is 0.250. The average Bonchev–Trinajstić information content (AvgIpc) is 1.77. The molecule has 1 saturated heterocycles. The van der Waals surface area contributed by atoms with Gasteiger partial charge < -0.3 is 4.74 Å². The van der Waals surface area contributed by atoms with Gasteiger partial charge in [0.2, 0.25) is 0 Å². The minimum absolute atomic E-state index is 0.253. The Morgan fingerprint density at radius 2 is 2.38 bits per heavy atom. The molecule has 0 amide bonds. The molecule has 48 valence electrons. The molecule has 1 fully saturated rings. The highest BCUT2D eigenvalue weighted by molar-refractivity contribution is 6.21. The Morgan fingerprint density at radius 1 is 1.62 bits per heavy atom. The number of hydrogen-bond donors (Lipinski definition) is 0. The number of ether oxygens (including phenoxy) is 1. The summed E-state index contributed by atoms with van der Waals surface area (Å²) < 4.78 is 5.26. The predicted octanol–water partition coefficient (Wildman–Crippen LogP) is 1.79. The van der Waals surface area contributed by atoms with E-state index in [0.717, 1.165) is 19.4 Å². The molecule has 0 radical (unpaired) electrons. The largest absolute Gasteiger partial charge is 0.377 e. The third kappa shape index (κ3) is 1.36. The lowest BCUT2D eigenvalue weighted by Gasteiger charge is -2.23. The summed E-state index contributed by atoms with van der Waals surface area (Å²) in [6.07, 6.45) is 2.51. The molecule has 8 heavy (non-hydrogen) atoms. The van der Waals surface area contributed by atoms with Crippen molar-refractivity contribution in [3.63, 3.8) is 0 Å². The lowest BCUT2D eigenvalue weighted by molar-refractivity contribution is 0.0318. The number of hydrogen-bond acceptors (Lipinski definition) is 1. The molecule has 1 aliphatic heterocycles. The van der Waals surface area contributed by atoms with Crippen LogP contribution in [0.25, 0.3) is 0 Å². The maximum atomic E-state index is 5.84. The summed E-state index contributed by atoms with van der Waals surface area (Å²) in [5.74, 6) is 0. The zero-order chi connectivity index (χ0) is 5.98. The van der Waals surface area contributed by atoms with Crippen molar-refractivity contribution in [1.29, 1.82) is 0 Å². The van der Waals surface area contributed by atoms with Crippen molar-refractivity contribution in [3.05, 3.63) is 0 Å². The molecule has 0 saturated carbocycles. The molecular formula is C6H11ClO. The van der Waals surface area contributed by atoms with E-state index < -0.39 is 0 Å². The van der Waals surface area contributed by atoms with Gasteiger partial charge in [0.25, 0.3) is 0 Å². The van der Waals surface area contributed by atoms with Crippen molar-refractivity contribution in [2.75, 3.05) is 6.61 Å². The highest BCUT2D eigenvalue weighted by Crippen LogP contribution is 2.18. The third-order valence-corrected chi connectivity index (χ3v) is 2.09. The fourth-order valence-electron chi connectivity index (χ4n) is 0.887. The van der Waals surface area contributed by atoms with Crippen LogP contribution in [0.2, 0.25) is 0 Å². The van der Waals surface area contributed by atoms with Crippen molar-refractivity contribution in [2.45, 2.75) is 31.2 Å². The van der Waals surface area contributed by atoms with Crippen LogP contribution in [0, 0.1) is 0 Å². The number of halogens is 1. The molecule has 0 N–H and O–H groups in total. The summed E-state index contributed by atoms with van der Waals surface area (Å²) in [6.45, 7) is 2.92. The van der Waals surface area contributed by atoms with Gasteiger partial charge in [0.05, 0.1) is 11.5 Å². The Kier molecular flexibility index (Phi) is 2.15. The molecule has 2 atom stereocenters. The molecule has 2 heteroatoms. The summed E-state index contributed by atoms with van der Waals surface area (Å²) in [4.78, 5) is 0. The maximum absolute atomic E-state index is 5.84.